The molecule has 0 atom stereocenters. The van der Waals surface area contributed by atoms with Crippen molar-refractivity contribution in [2.75, 3.05) is 4.90 Å². The van der Waals surface area contributed by atoms with E-state index in [-0.39, 0.29) is 0 Å². The van der Waals surface area contributed by atoms with Crippen LogP contribution in [0.2, 0.25) is 0 Å². The molecule has 2 heterocycles. The third-order valence-electron chi connectivity index (χ3n) is 12.9. The highest BCUT2D eigenvalue weighted by atomic mass is 16.3. The van der Waals surface area contributed by atoms with Gasteiger partial charge in [-0.05, 0) is 121 Å². The first kappa shape index (κ1) is 35.4. The van der Waals surface area contributed by atoms with Gasteiger partial charge >= 0.3 is 0 Å². The van der Waals surface area contributed by atoms with Crippen LogP contribution >= 0.6 is 0 Å². The lowest BCUT2D eigenvalue weighted by Gasteiger charge is -2.28. The number of rotatable bonds is 6. The van der Waals surface area contributed by atoms with Crippen LogP contribution in [0.3, 0.4) is 0 Å². The van der Waals surface area contributed by atoms with E-state index in [1.807, 2.05) is 12.1 Å². The van der Waals surface area contributed by atoms with Gasteiger partial charge in [-0.3, -0.25) is 0 Å². The fourth-order valence-corrected chi connectivity index (χ4v) is 9.81. The first-order valence-electron chi connectivity index (χ1n) is 21.5. The molecular weight excluding hydrogens is 767 g/mol. The Bertz CT molecular complexity index is 3910. The SMILES string of the molecule is c1ccc(N(c2ccc(-c3ccc4c(ccc5ccccc54)c3)cc2)c2ccc(-c3ccc4oc5ccccc5c4c3)cc2)c(-c2cccc3oc4c5ccccc5ccc4c23)c1. The summed E-state index contributed by atoms with van der Waals surface area (Å²) in [5.41, 5.74) is 13.7. The van der Waals surface area contributed by atoms with E-state index in [4.69, 9.17) is 8.83 Å². The predicted molar refractivity (Wildman–Crippen MR) is 265 cm³/mol. The maximum atomic E-state index is 6.68. The zero-order valence-corrected chi connectivity index (χ0v) is 34.1. The quantitative estimate of drug-likeness (QED) is 0.157. The molecule has 3 nitrogen and oxygen atoms in total. The smallest absolute Gasteiger partial charge is 0.143 e. The van der Waals surface area contributed by atoms with Crippen molar-refractivity contribution in [3.63, 3.8) is 0 Å². The Labute approximate surface area is 363 Å². The van der Waals surface area contributed by atoms with E-state index in [1.165, 1.54) is 38.1 Å². The normalized spacial score (nSPS) is 11.8. The van der Waals surface area contributed by atoms with Crippen molar-refractivity contribution < 1.29 is 8.83 Å². The molecule has 0 unspecified atom stereocenters. The minimum absolute atomic E-state index is 0.875. The summed E-state index contributed by atoms with van der Waals surface area (Å²) in [7, 11) is 0. The van der Waals surface area contributed by atoms with E-state index in [9.17, 15) is 0 Å². The summed E-state index contributed by atoms with van der Waals surface area (Å²) < 4.78 is 12.8. The molecule has 63 heavy (non-hydrogen) atoms. The van der Waals surface area contributed by atoms with Gasteiger partial charge in [-0.1, -0.05) is 158 Å². The molecule has 0 spiro atoms. The summed E-state index contributed by atoms with van der Waals surface area (Å²) in [5.74, 6) is 0. The molecule has 0 aliphatic carbocycles. The molecule has 11 aromatic carbocycles. The molecule has 0 aliphatic rings. The average Bonchev–Trinajstić information content (AvgIpc) is 3.93. The summed E-state index contributed by atoms with van der Waals surface area (Å²) in [5, 5.41) is 11.8. The monoisotopic (exact) mass is 803 g/mol. The van der Waals surface area contributed by atoms with E-state index < -0.39 is 0 Å². The molecule has 2 aromatic heterocycles. The van der Waals surface area contributed by atoms with Crippen LogP contribution in [0, 0.1) is 0 Å². The first-order chi connectivity index (χ1) is 31.2. The second-order valence-corrected chi connectivity index (χ2v) is 16.4. The van der Waals surface area contributed by atoms with Gasteiger partial charge in [-0.2, -0.15) is 0 Å². The van der Waals surface area contributed by atoms with Crippen molar-refractivity contribution >= 4 is 93.3 Å². The molecule has 13 aromatic rings. The molecule has 0 aliphatic heterocycles. The van der Waals surface area contributed by atoms with Gasteiger partial charge in [0.2, 0.25) is 0 Å². The van der Waals surface area contributed by atoms with Gasteiger partial charge < -0.3 is 13.7 Å². The summed E-state index contributed by atoms with van der Waals surface area (Å²) in [6.07, 6.45) is 0. The van der Waals surface area contributed by atoms with E-state index >= 15 is 0 Å². The Morgan fingerprint density at radius 3 is 1.63 bits per heavy atom. The molecule has 0 fully saturated rings. The number of furan rings is 2. The molecule has 0 saturated heterocycles. The number of nitrogens with zero attached hydrogens (tertiary/aromatic N) is 1. The largest absolute Gasteiger partial charge is 0.456 e. The second-order valence-electron chi connectivity index (χ2n) is 16.4. The Morgan fingerprint density at radius 2 is 0.825 bits per heavy atom. The van der Waals surface area contributed by atoms with E-state index in [1.54, 1.807) is 0 Å². The second kappa shape index (κ2) is 14.1. The number of anilines is 3. The number of hydrogen-bond acceptors (Lipinski definition) is 3. The topological polar surface area (TPSA) is 29.5 Å². The zero-order chi connectivity index (χ0) is 41.4. The lowest BCUT2D eigenvalue weighted by atomic mass is 9.95. The van der Waals surface area contributed by atoms with Crippen LogP contribution in [0.25, 0.3) is 110 Å². The molecule has 3 heteroatoms. The van der Waals surface area contributed by atoms with Crippen LogP contribution in [0.1, 0.15) is 0 Å². The summed E-state index contributed by atoms with van der Waals surface area (Å²) >= 11 is 0. The zero-order valence-electron chi connectivity index (χ0n) is 34.1. The van der Waals surface area contributed by atoms with Crippen molar-refractivity contribution in [3.8, 4) is 33.4 Å². The lowest BCUT2D eigenvalue weighted by molar-refractivity contribution is 0.669. The average molecular weight is 804 g/mol. The Hall–Kier alpha value is -8.40. The maximum Gasteiger partial charge on any atom is 0.143 e. The van der Waals surface area contributed by atoms with Crippen LogP contribution in [0.5, 0.6) is 0 Å². The number of benzene rings is 11. The van der Waals surface area contributed by atoms with Gasteiger partial charge in [0, 0.05) is 43.9 Å². The van der Waals surface area contributed by atoms with Crippen LogP contribution in [0.15, 0.2) is 233 Å². The van der Waals surface area contributed by atoms with Gasteiger partial charge in [0.25, 0.3) is 0 Å². The third kappa shape index (κ3) is 5.75. The van der Waals surface area contributed by atoms with Gasteiger partial charge in [0.15, 0.2) is 0 Å². The Morgan fingerprint density at radius 1 is 0.286 bits per heavy atom. The van der Waals surface area contributed by atoms with Gasteiger partial charge in [-0.15, -0.1) is 0 Å². The molecule has 0 bridgehead atoms. The highest BCUT2D eigenvalue weighted by Crippen LogP contribution is 2.46. The molecular formula is C60H37NO2. The van der Waals surface area contributed by atoms with Crippen molar-refractivity contribution in [2.24, 2.45) is 0 Å². The Kier molecular flexibility index (Phi) is 7.91. The fourth-order valence-electron chi connectivity index (χ4n) is 9.81. The Balaban J connectivity index is 0.955. The third-order valence-corrected chi connectivity index (χ3v) is 12.9. The molecule has 13 rings (SSSR count). The number of hydrogen-bond donors (Lipinski definition) is 0. The number of fused-ring (bicyclic) bond motifs is 11. The summed E-state index contributed by atoms with van der Waals surface area (Å²) in [4.78, 5) is 2.39. The molecule has 294 valence electrons. The van der Waals surface area contributed by atoms with Crippen molar-refractivity contribution in [1.29, 1.82) is 0 Å². The predicted octanol–water partition coefficient (Wildman–Crippen LogP) is 17.4. The highest BCUT2D eigenvalue weighted by molar-refractivity contribution is 6.20. The van der Waals surface area contributed by atoms with Crippen LogP contribution in [-0.4, -0.2) is 0 Å². The molecule has 0 amide bonds. The molecule has 0 radical (unpaired) electrons. The van der Waals surface area contributed by atoms with Crippen LogP contribution < -0.4 is 4.90 Å². The van der Waals surface area contributed by atoms with E-state index in [0.717, 1.165) is 88.6 Å². The maximum absolute atomic E-state index is 6.68. The highest BCUT2D eigenvalue weighted by Gasteiger charge is 2.21. The van der Waals surface area contributed by atoms with Crippen LogP contribution in [-0.2, 0) is 0 Å². The molecule has 0 N–H and O–H groups in total. The van der Waals surface area contributed by atoms with Crippen molar-refractivity contribution in [3.05, 3.63) is 224 Å². The standard InChI is InChI=1S/C60H37NO2/c1-3-12-47-40(10-1)20-21-44-36-42(27-33-48(44)47)38-22-29-45(30-23-38)61(46-31-24-39(25-32-46)43-28-35-57-54(37-43)51-15-6-8-18-56(51)62-57)55-17-7-5-14-50(55)52-16-9-19-58-59(52)53-34-26-41-11-2-4-13-49(41)60(53)63-58/h1-37H. The summed E-state index contributed by atoms with van der Waals surface area (Å²) in [6, 6.07) is 80.6. The fraction of sp³-hybridized carbons (Fsp3) is 0. The minimum atomic E-state index is 0.875. The van der Waals surface area contributed by atoms with E-state index in [2.05, 4.69) is 217 Å². The van der Waals surface area contributed by atoms with Crippen LogP contribution in [0.4, 0.5) is 17.1 Å². The van der Waals surface area contributed by atoms with Gasteiger partial charge in [0.1, 0.15) is 22.3 Å². The minimum Gasteiger partial charge on any atom is -0.456 e. The summed E-state index contributed by atoms with van der Waals surface area (Å²) in [6.45, 7) is 0. The first-order valence-corrected chi connectivity index (χ1v) is 21.5. The lowest BCUT2D eigenvalue weighted by Crippen LogP contribution is -2.11. The van der Waals surface area contributed by atoms with Gasteiger partial charge in [0.05, 0.1) is 5.69 Å². The number of para-hydroxylation sites is 2. The van der Waals surface area contributed by atoms with E-state index in [0.29, 0.717) is 0 Å². The van der Waals surface area contributed by atoms with Crippen molar-refractivity contribution in [1.82, 2.24) is 0 Å². The molecule has 0 saturated carbocycles. The van der Waals surface area contributed by atoms with Crippen molar-refractivity contribution in [2.45, 2.75) is 0 Å². The van der Waals surface area contributed by atoms with Gasteiger partial charge in [-0.25, -0.2) is 0 Å².